The van der Waals surface area contributed by atoms with Gasteiger partial charge in [0.2, 0.25) is 0 Å². The van der Waals surface area contributed by atoms with Crippen LogP contribution in [0.3, 0.4) is 0 Å². The molecule has 0 bridgehead atoms. The van der Waals surface area contributed by atoms with E-state index in [9.17, 15) is 61.0 Å². The third-order valence-corrected chi connectivity index (χ3v) is 6.76. The number of carbonyl (C=O) groups is 1. The molecule has 18 heteroatoms. The van der Waals surface area contributed by atoms with E-state index in [-0.39, 0.29) is 6.42 Å². The average Bonchev–Trinajstić information content (AvgIpc) is 2.95. The smallest absolute Gasteiger partial charge is 0.194 e. The molecule has 2 aliphatic rings. The average molecular weight is 592 g/mol. The standard InChI is InChI=1S/C22H41NO17/c1-2-3-8(40-23)12(27)16(31)15(30)11(26)7(25)5-36-21-20(35)18(33)14(29)10(39-21)6-37-22-19(34)17(32)13(28)9(4-24)38-22/h7-11,13-22,24-26,28-35H,2-6,23H2,1H3/t7-,8?,9-,10-,11-,13-,14-,15+,16+,17+,18+,19-,20-,21+,22+/m1/s1. The molecule has 0 aromatic rings. The number of hydrogen-bond acceptors (Lipinski definition) is 18. The van der Waals surface area contributed by atoms with Crippen LogP contribution in [0.2, 0.25) is 0 Å². The molecule has 0 amide bonds. The van der Waals surface area contributed by atoms with Gasteiger partial charge in [-0.05, 0) is 6.42 Å². The van der Waals surface area contributed by atoms with Gasteiger partial charge in [0, 0.05) is 0 Å². The van der Waals surface area contributed by atoms with E-state index in [2.05, 4.69) is 4.84 Å². The Hall–Kier alpha value is -1.01. The zero-order chi connectivity index (χ0) is 30.3. The van der Waals surface area contributed by atoms with E-state index in [1.807, 2.05) is 0 Å². The summed E-state index contributed by atoms with van der Waals surface area (Å²) in [6.07, 6.45) is -25.9. The molecule has 236 valence electrons. The fourth-order valence-corrected chi connectivity index (χ4v) is 4.19. The fraction of sp³-hybridized carbons (Fsp3) is 0.955. The first kappa shape index (κ1) is 35.2. The second-order valence-electron chi connectivity index (χ2n) is 9.69. The first-order valence-corrected chi connectivity index (χ1v) is 12.6. The summed E-state index contributed by atoms with van der Waals surface area (Å²) in [4.78, 5) is 16.7. The lowest BCUT2D eigenvalue weighted by Gasteiger charge is -2.42. The maximum Gasteiger partial charge on any atom is 0.194 e. The number of hydrogen-bond donors (Lipinski definition) is 12. The molecule has 2 saturated heterocycles. The molecule has 0 radical (unpaired) electrons. The molecule has 13 N–H and O–H groups in total. The summed E-state index contributed by atoms with van der Waals surface area (Å²) in [5.41, 5.74) is 0. The molecule has 0 spiro atoms. The molecular formula is C22H41NO17. The van der Waals surface area contributed by atoms with Crippen molar-refractivity contribution < 1.29 is 84.8 Å². The van der Waals surface area contributed by atoms with E-state index in [1.165, 1.54) is 0 Å². The number of carbonyl (C=O) groups excluding carboxylic acids is 1. The summed E-state index contributed by atoms with van der Waals surface area (Å²) in [6, 6.07) is 0. The van der Waals surface area contributed by atoms with Crippen molar-refractivity contribution in [3.8, 4) is 0 Å². The van der Waals surface area contributed by atoms with Gasteiger partial charge in [-0.2, -0.15) is 0 Å². The van der Waals surface area contributed by atoms with Crippen LogP contribution in [0.5, 0.6) is 0 Å². The maximum atomic E-state index is 12.2. The number of rotatable bonds is 15. The van der Waals surface area contributed by atoms with E-state index in [4.69, 9.17) is 24.8 Å². The molecule has 2 aliphatic heterocycles. The van der Waals surface area contributed by atoms with Crippen LogP contribution in [0.15, 0.2) is 0 Å². The number of ether oxygens (including phenoxy) is 4. The molecule has 15 atom stereocenters. The topological polar surface area (TPSA) is 312 Å². The van der Waals surface area contributed by atoms with Crippen LogP contribution in [-0.2, 0) is 28.6 Å². The predicted octanol–water partition coefficient (Wildman–Crippen LogP) is -7.30. The van der Waals surface area contributed by atoms with Crippen molar-refractivity contribution in [3.63, 3.8) is 0 Å². The minimum Gasteiger partial charge on any atom is -0.394 e. The van der Waals surface area contributed by atoms with Gasteiger partial charge in [0.1, 0.15) is 79.4 Å². The van der Waals surface area contributed by atoms with Gasteiger partial charge in [0.05, 0.1) is 19.8 Å². The monoisotopic (exact) mass is 591 g/mol. The highest BCUT2D eigenvalue weighted by atomic mass is 16.7. The molecule has 0 saturated carbocycles. The van der Waals surface area contributed by atoms with Crippen LogP contribution in [0.25, 0.3) is 0 Å². The molecule has 2 fully saturated rings. The summed E-state index contributed by atoms with van der Waals surface area (Å²) in [5.74, 6) is 3.99. The van der Waals surface area contributed by atoms with Crippen molar-refractivity contribution in [1.82, 2.24) is 0 Å². The van der Waals surface area contributed by atoms with Crippen LogP contribution in [0.1, 0.15) is 19.8 Å². The summed E-state index contributed by atoms with van der Waals surface area (Å²) in [5, 5.41) is 110. The molecule has 2 heterocycles. The van der Waals surface area contributed by atoms with Gasteiger partial charge in [0.15, 0.2) is 18.4 Å². The normalized spacial score (nSPS) is 38.8. The number of nitrogens with two attached hydrogens (primary N) is 1. The van der Waals surface area contributed by atoms with Gasteiger partial charge in [-0.15, -0.1) is 0 Å². The lowest BCUT2D eigenvalue weighted by molar-refractivity contribution is -0.333. The van der Waals surface area contributed by atoms with E-state index in [0.29, 0.717) is 6.42 Å². The number of ketones is 1. The van der Waals surface area contributed by atoms with Crippen LogP contribution < -0.4 is 5.90 Å². The molecule has 0 aromatic heterocycles. The van der Waals surface area contributed by atoms with Crippen molar-refractivity contribution in [2.24, 2.45) is 5.90 Å². The Labute approximate surface area is 228 Å². The summed E-state index contributed by atoms with van der Waals surface area (Å²) >= 11 is 0. The van der Waals surface area contributed by atoms with Crippen molar-refractivity contribution in [2.45, 2.75) is 112 Å². The Bertz CT molecular complexity index is 763. The third-order valence-electron chi connectivity index (χ3n) is 6.76. The minimum absolute atomic E-state index is 0.118. The van der Waals surface area contributed by atoms with Crippen LogP contribution >= 0.6 is 0 Å². The second kappa shape index (κ2) is 16.0. The minimum atomic E-state index is -2.19. The highest BCUT2D eigenvalue weighted by Crippen LogP contribution is 2.26. The Balaban J connectivity index is 1.96. The number of Topliss-reactive ketones (excluding diaryl/α,β-unsaturated/α-hetero) is 1. The van der Waals surface area contributed by atoms with Gasteiger partial charge in [-0.1, -0.05) is 13.3 Å². The summed E-state index contributed by atoms with van der Waals surface area (Å²) in [7, 11) is 0. The number of aliphatic hydroxyl groups excluding tert-OH is 11. The van der Waals surface area contributed by atoms with Gasteiger partial charge < -0.3 is 75.1 Å². The zero-order valence-electron chi connectivity index (χ0n) is 21.6. The van der Waals surface area contributed by atoms with Gasteiger partial charge >= 0.3 is 0 Å². The first-order valence-electron chi connectivity index (χ1n) is 12.6. The van der Waals surface area contributed by atoms with Crippen LogP contribution in [-0.4, -0.2) is 174 Å². The molecular weight excluding hydrogens is 550 g/mol. The lowest BCUT2D eigenvalue weighted by Crippen LogP contribution is -2.62. The predicted molar refractivity (Wildman–Crippen MR) is 125 cm³/mol. The third kappa shape index (κ3) is 8.30. The molecule has 1 unspecified atom stereocenters. The quantitative estimate of drug-likeness (QED) is 0.0787. The highest BCUT2D eigenvalue weighted by Gasteiger charge is 2.48. The Morgan fingerprint density at radius 1 is 0.800 bits per heavy atom. The lowest BCUT2D eigenvalue weighted by atomic mass is 9.96. The Morgan fingerprint density at radius 2 is 1.32 bits per heavy atom. The van der Waals surface area contributed by atoms with E-state index >= 15 is 0 Å². The van der Waals surface area contributed by atoms with Gasteiger partial charge in [0.25, 0.3) is 0 Å². The van der Waals surface area contributed by atoms with Crippen molar-refractivity contribution in [1.29, 1.82) is 0 Å². The second-order valence-corrected chi connectivity index (χ2v) is 9.69. The Morgan fingerprint density at radius 3 is 1.85 bits per heavy atom. The maximum absolute atomic E-state index is 12.2. The van der Waals surface area contributed by atoms with Crippen molar-refractivity contribution >= 4 is 5.78 Å². The van der Waals surface area contributed by atoms with E-state index < -0.39 is 118 Å². The summed E-state index contributed by atoms with van der Waals surface area (Å²) in [6.45, 7) is -0.506. The van der Waals surface area contributed by atoms with Gasteiger partial charge in [-0.3, -0.25) is 9.63 Å². The SMILES string of the molecule is CCCC(ON)C(=O)[C@H](O)[C@@H](O)[C@H](O)[C@H](O)CO[C@H]1O[C@H](CO[C@H]2O[C@H](CO)[C@@H](O)[C@H](O)[C@H]2O)[C@@H](O)[C@H](O)[C@H]1O. The Kier molecular flexibility index (Phi) is 14.1. The molecule has 40 heavy (non-hydrogen) atoms. The fourth-order valence-electron chi connectivity index (χ4n) is 4.19. The number of aliphatic hydroxyl groups is 11. The molecule has 2 rings (SSSR count). The molecule has 0 aromatic carbocycles. The molecule has 18 nitrogen and oxygen atoms in total. The van der Waals surface area contributed by atoms with Gasteiger partial charge in [-0.25, -0.2) is 5.90 Å². The van der Waals surface area contributed by atoms with Crippen molar-refractivity contribution in [3.05, 3.63) is 0 Å². The zero-order valence-corrected chi connectivity index (χ0v) is 21.6. The largest absolute Gasteiger partial charge is 0.394 e. The van der Waals surface area contributed by atoms with Crippen LogP contribution in [0.4, 0.5) is 0 Å². The van der Waals surface area contributed by atoms with E-state index in [1.54, 1.807) is 6.92 Å². The van der Waals surface area contributed by atoms with Crippen molar-refractivity contribution in [2.75, 3.05) is 19.8 Å². The molecule has 0 aliphatic carbocycles. The highest BCUT2D eigenvalue weighted by molar-refractivity contribution is 5.87. The first-order chi connectivity index (χ1) is 18.8. The summed E-state index contributed by atoms with van der Waals surface area (Å²) < 4.78 is 21.0. The van der Waals surface area contributed by atoms with Crippen LogP contribution in [0, 0.1) is 0 Å². The van der Waals surface area contributed by atoms with E-state index in [0.717, 1.165) is 0 Å².